The molecule has 4 nitrogen and oxygen atoms in total. The molecule has 0 amide bonds. The molecule has 0 aliphatic carbocycles. The second-order valence-corrected chi connectivity index (χ2v) is 5.03. The van der Waals surface area contributed by atoms with Gasteiger partial charge in [0.15, 0.2) is 0 Å². The van der Waals surface area contributed by atoms with Gasteiger partial charge in [0.05, 0.1) is 0 Å². The zero-order chi connectivity index (χ0) is 14.0. The molecule has 1 fully saturated rings. The van der Waals surface area contributed by atoms with Crippen LogP contribution in [-0.4, -0.2) is 41.0 Å². The summed E-state index contributed by atoms with van der Waals surface area (Å²) in [5, 5.41) is 2.77. The molecule has 1 N–H and O–H groups in total. The number of likely N-dealkylation sites (N-methyl/N-ethyl adjacent to an activating group) is 1. The van der Waals surface area contributed by atoms with Crippen molar-refractivity contribution in [3.63, 3.8) is 0 Å². The number of nitrogens with zero attached hydrogens (tertiary/aromatic N) is 3. The highest BCUT2D eigenvalue weighted by molar-refractivity contribution is 6.29. The Labute approximate surface area is 114 Å². The van der Waals surface area contributed by atoms with E-state index in [1.807, 2.05) is 7.05 Å². The lowest BCUT2D eigenvalue weighted by molar-refractivity contribution is -0.144. The summed E-state index contributed by atoms with van der Waals surface area (Å²) in [5.74, 6) is -1.10. The number of piperidine rings is 1. The molecule has 1 saturated heterocycles. The van der Waals surface area contributed by atoms with Crippen molar-refractivity contribution in [3.05, 3.63) is 17.0 Å². The van der Waals surface area contributed by atoms with Crippen molar-refractivity contribution in [2.24, 2.45) is 0 Å². The lowest BCUT2D eigenvalue weighted by Gasteiger charge is -2.30. The van der Waals surface area contributed by atoms with Gasteiger partial charge in [-0.15, -0.1) is 0 Å². The maximum atomic E-state index is 12.6. The first-order chi connectivity index (χ1) is 8.84. The van der Waals surface area contributed by atoms with Crippen LogP contribution in [-0.2, 0) is 6.18 Å². The summed E-state index contributed by atoms with van der Waals surface area (Å²) < 4.78 is 37.7. The van der Waals surface area contributed by atoms with E-state index in [-0.39, 0.29) is 17.0 Å². The maximum absolute atomic E-state index is 12.6. The summed E-state index contributed by atoms with van der Waals surface area (Å²) in [4.78, 5) is 8.79. The van der Waals surface area contributed by atoms with Crippen LogP contribution in [0.3, 0.4) is 0 Å². The zero-order valence-electron chi connectivity index (χ0n) is 10.3. The number of aromatic nitrogens is 2. The van der Waals surface area contributed by atoms with Crippen molar-refractivity contribution >= 4 is 17.4 Å². The molecule has 19 heavy (non-hydrogen) atoms. The van der Waals surface area contributed by atoms with Gasteiger partial charge in [-0.05, 0) is 26.4 Å². The average molecular weight is 295 g/mol. The number of likely N-dealkylation sites (tertiary alicyclic amines) is 1. The molecule has 106 valence electrons. The summed E-state index contributed by atoms with van der Waals surface area (Å²) in [6, 6.07) is 1.39. The highest BCUT2D eigenvalue weighted by atomic mass is 35.5. The third kappa shape index (κ3) is 3.94. The standard InChI is InChI=1S/C11H14ClF3N4/c1-19-4-2-3-7(6-19)16-9-5-8(12)17-10(18-9)11(13,14)15/h5,7H,2-4,6H2,1H3,(H,16,17,18). The number of nitrogens with one attached hydrogen (secondary N) is 1. The van der Waals surface area contributed by atoms with Crippen LogP contribution in [0, 0.1) is 0 Å². The van der Waals surface area contributed by atoms with E-state index in [1.165, 1.54) is 6.07 Å². The molecule has 1 aliphatic rings. The Morgan fingerprint density at radius 3 is 2.79 bits per heavy atom. The van der Waals surface area contributed by atoms with E-state index < -0.39 is 12.0 Å². The van der Waals surface area contributed by atoms with E-state index in [0.29, 0.717) is 0 Å². The van der Waals surface area contributed by atoms with Gasteiger partial charge >= 0.3 is 6.18 Å². The normalized spacial score (nSPS) is 21.4. The van der Waals surface area contributed by atoms with Crippen LogP contribution in [0.4, 0.5) is 19.0 Å². The van der Waals surface area contributed by atoms with Crippen molar-refractivity contribution in [1.82, 2.24) is 14.9 Å². The maximum Gasteiger partial charge on any atom is 0.451 e. The minimum Gasteiger partial charge on any atom is -0.366 e. The molecule has 8 heteroatoms. The van der Waals surface area contributed by atoms with Gasteiger partial charge in [0.25, 0.3) is 0 Å². The number of rotatable bonds is 2. The molecular weight excluding hydrogens is 281 g/mol. The largest absolute Gasteiger partial charge is 0.451 e. The minimum absolute atomic E-state index is 0.0748. The molecule has 2 heterocycles. The summed E-state index contributed by atoms with van der Waals surface area (Å²) >= 11 is 5.60. The highest BCUT2D eigenvalue weighted by Crippen LogP contribution is 2.28. The average Bonchev–Trinajstić information content (AvgIpc) is 2.26. The quantitative estimate of drug-likeness (QED) is 0.852. The molecule has 0 bridgehead atoms. The third-order valence-corrected chi connectivity index (χ3v) is 3.12. The Morgan fingerprint density at radius 2 is 2.16 bits per heavy atom. The fourth-order valence-corrected chi connectivity index (χ4v) is 2.30. The Balaban J connectivity index is 2.14. The molecular formula is C11H14ClF3N4. The number of hydrogen-bond acceptors (Lipinski definition) is 4. The van der Waals surface area contributed by atoms with Crippen molar-refractivity contribution in [2.75, 3.05) is 25.5 Å². The van der Waals surface area contributed by atoms with Crippen molar-refractivity contribution in [1.29, 1.82) is 0 Å². The lowest BCUT2D eigenvalue weighted by Crippen LogP contribution is -2.40. The number of anilines is 1. The Kier molecular flexibility index (Phi) is 4.15. The van der Waals surface area contributed by atoms with E-state index in [0.717, 1.165) is 25.9 Å². The van der Waals surface area contributed by atoms with Crippen molar-refractivity contribution in [2.45, 2.75) is 25.1 Å². The van der Waals surface area contributed by atoms with Crippen LogP contribution >= 0.6 is 11.6 Å². The van der Waals surface area contributed by atoms with Gasteiger partial charge in [0.2, 0.25) is 5.82 Å². The summed E-state index contributed by atoms with van der Waals surface area (Å²) in [5.41, 5.74) is 0. The molecule has 0 aromatic carbocycles. The Hall–Kier alpha value is -1.08. The Morgan fingerprint density at radius 1 is 1.42 bits per heavy atom. The van der Waals surface area contributed by atoms with Crippen LogP contribution in [0.15, 0.2) is 6.07 Å². The first kappa shape index (κ1) is 14.3. The first-order valence-electron chi connectivity index (χ1n) is 5.91. The fraction of sp³-hybridized carbons (Fsp3) is 0.636. The number of halogens is 4. The topological polar surface area (TPSA) is 41.0 Å². The van der Waals surface area contributed by atoms with Gasteiger partial charge in [0.1, 0.15) is 11.0 Å². The van der Waals surface area contributed by atoms with Crippen LogP contribution in [0.1, 0.15) is 18.7 Å². The molecule has 0 saturated carbocycles. The van der Waals surface area contributed by atoms with Crippen LogP contribution < -0.4 is 5.32 Å². The summed E-state index contributed by atoms with van der Waals surface area (Å²) in [7, 11) is 1.97. The molecule has 1 aliphatic heterocycles. The fourth-order valence-electron chi connectivity index (χ4n) is 2.11. The second kappa shape index (κ2) is 5.50. The van der Waals surface area contributed by atoms with Crippen LogP contribution in [0.5, 0.6) is 0 Å². The third-order valence-electron chi connectivity index (χ3n) is 2.92. The SMILES string of the molecule is CN1CCCC(Nc2cc(Cl)nc(C(F)(F)F)n2)C1. The second-order valence-electron chi connectivity index (χ2n) is 4.64. The predicted molar refractivity (Wildman–Crippen MR) is 66.2 cm³/mol. The van der Waals surface area contributed by atoms with E-state index in [1.54, 1.807) is 0 Å². The summed E-state index contributed by atoms with van der Waals surface area (Å²) in [6.07, 6.45) is -2.70. The van der Waals surface area contributed by atoms with Gasteiger partial charge in [0, 0.05) is 18.7 Å². The number of alkyl halides is 3. The molecule has 0 spiro atoms. The number of hydrogen-bond donors (Lipinski definition) is 1. The Bertz CT molecular complexity index is 452. The van der Waals surface area contributed by atoms with Gasteiger partial charge < -0.3 is 10.2 Å². The highest BCUT2D eigenvalue weighted by Gasteiger charge is 2.35. The van der Waals surface area contributed by atoms with E-state index in [9.17, 15) is 13.2 Å². The van der Waals surface area contributed by atoms with Gasteiger partial charge in [-0.2, -0.15) is 13.2 Å². The summed E-state index contributed by atoms with van der Waals surface area (Å²) in [6.45, 7) is 1.76. The van der Waals surface area contributed by atoms with E-state index in [2.05, 4.69) is 20.2 Å². The van der Waals surface area contributed by atoms with Crippen molar-refractivity contribution < 1.29 is 13.2 Å². The van der Waals surface area contributed by atoms with Gasteiger partial charge in [-0.25, -0.2) is 9.97 Å². The van der Waals surface area contributed by atoms with Crippen molar-refractivity contribution in [3.8, 4) is 0 Å². The molecule has 1 aromatic rings. The van der Waals surface area contributed by atoms with Gasteiger partial charge in [-0.3, -0.25) is 0 Å². The molecule has 2 rings (SSSR count). The first-order valence-corrected chi connectivity index (χ1v) is 6.29. The molecule has 1 aromatic heterocycles. The smallest absolute Gasteiger partial charge is 0.366 e. The van der Waals surface area contributed by atoms with Gasteiger partial charge in [-0.1, -0.05) is 11.6 Å². The predicted octanol–water partition coefficient (Wildman–Crippen LogP) is 2.65. The van der Waals surface area contributed by atoms with E-state index >= 15 is 0 Å². The van der Waals surface area contributed by atoms with Crippen LogP contribution in [0.25, 0.3) is 0 Å². The van der Waals surface area contributed by atoms with Crippen LogP contribution in [0.2, 0.25) is 5.15 Å². The molecule has 1 unspecified atom stereocenters. The molecule has 1 atom stereocenters. The monoisotopic (exact) mass is 294 g/mol. The lowest BCUT2D eigenvalue weighted by atomic mass is 10.1. The van der Waals surface area contributed by atoms with E-state index in [4.69, 9.17) is 11.6 Å². The minimum atomic E-state index is -4.59. The molecule has 0 radical (unpaired) electrons. The zero-order valence-corrected chi connectivity index (χ0v) is 11.1.